The fourth-order valence-corrected chi connectivity index (χ4v) is 3.96. The number of rotatable bonds is 6. The lowest BCUT2D eigenvalue weighted by molar-refractivity contribution is -0.151. The maximum absolute atomic E-state index is 12.3. The van der Waals surface area contributed by atoms with E-state index in [0.29, 0.717) is 19.1 Å². The van der Waals surface area contributed by atoms with Crippen LogP contribution in [0.15, 0.2) is 30.3 Å². The molecule has 1 aliphatic carbocycles. The van der Waals surface area contributed by atoms with Crippen molar-refractivity contribution in [2.75, 3.05) is 19.8 Å². The molecule has 0 aromatic heterocycles. The van der Waals surface area contributed by atoms with E-state index < -0.39 is 12.0 Å². The number of hydrogen-bond donors (Lipinski definition) is 1. The zero-order chi connectivity index (χ0) is 16.2. The summed E-state index contributed by atoms with van der Waals surface area (Å²) in [5.74, 6) is -0.595. The number of likely N-dealkylation sites (tertiary alicyclic amines) is 1. The lowest BCUT2D eigenvalue weighted by atomic mass is 9.94. The van der Waals surface area contributed by atoms with Gasteiger partial charge in [-0.1, -0.05) is 36.8 Å². The predicted molar refractivity (Wildman–Crippen MR) is 84.9 cm³/mol. The van der Waals surface area contributed by atoms with E-state index in [1.54, 1.807) is 0 Å². The highest BCUT2D eigenvalue weighted by atomic mass is 16.5. The molecule has 1 saturated carbocycles. The summed E-state index contributed by atoms with van der Waals surface area (Å²) in [6, 6.07) is 9.29. The lowest BCUT2D eigenvalue weighted by Crippen LogP contribution is -2.44. The molecule has 5 nitrogen and oxygen atoms in total. The van der Waals surface area contributed by atoms with Crippen LogP contribution in [-0.4, -0.2) is 47.7 Å². The summed E-state index contributed by atoms with van der Waals surface area (Å²) in [6.07, 6.45) is 3.78. The number of fused-ring (bicyclic) bond motifs is 1. The molecule has 1 amide bonds. The summed E-state index contributed by atoms with van der Waals surface area (Å²) < 4.78 is 5.48. The standard InChI is InChI=1S/C18H23NO4/c20-16(12-23-10-9-13-5-2-1-3-6-13)19-11-14-7-4-8-15(14)17(19)18(21)22/h1-3,5-6,14-15,17H,4,7-12H2,(H,21,22). The van der Waals surface area contributed by atoms with Crippen LogP contribution in [0, 0.1) is 11.8 Å². The van der Waals surface area contributed by atoms with E-state index in [1.807, 2.05) is 30.3 Å². The Morgan fingerprint density at radius 2 is 2.00 bits per heavy atom. The van der Waals surface area contributed by atoms with Crippen LogP contribution in [-0.2, 0) is 20.7 Å². The van der Waals surface area contributed by atoms with Gasteiger partial charge >= 0.3 is 5.97 Å². The van der Waals surface area contributed by atoms with Gasteiger partial charge in [-0.2, -0.15) is 0 Å². The monoisotopic (exact) mass is 317 g/mol. The minimum atomic E-state index is -0.878. The number of benzene rings is 1. The first-order chi connectivity index (χ1) is 11.2. The summed E-state index contributed by atoms with van der Waals surface area (Å²) in [7, 11) is 0. The summed E-state index contributed by atoms with van der Waals surface area (Å²) in [5.41, 5.74) is 1.17. The van der Waals surface area contributed by atoms with Crippen molar-refractivity contribution in [2.24, 2.45) is 11.8 Å². The van der Waals surface area contributed by atoms with E-state index in [0.717, 1.165) is 25.7 Å². The number of carbonyl (C=O) groups is 2. The molecule has 1 aromatic carbocycles. The quantitative estimate of drug-likeness (QED) is 0.815. The van der Waals surface area contributed by atoms with Crippen molar-refractivity contribution in [3.05, 3.63) is 35.9 Å². The van der Waals surface area contributed by atoms with Crippen LogP contribution in [0.5, 0.6) is 0 Å². The van der Waals surface area contributed by atoms with Crippen molar-refractivity contribution < 1.29 is 19.4 Å². The molecule has 124 valence electrons. The largest absolute Gasteiger partial charge is 0.480 e. The Morgan fingerprint density at radius 3 is 2.74 bits per heavy atom. The molecule has 0 bridgehead atoms. The Labute approximate surface area is 136 Å². The number of hydrogen-bond acceptors (Lipinski definition) is 3. The molecule has 5 heteroatoms. The van der Waals surface area contributed by atoms with Gasteiger partial charge < -0.3 is 14.7 Å². The molecule has 3 atom stereocenters. The van der Waals surface area contributed by atoms with E-state index in [4.69, 9.17) is 4.74 Å². The maximum atomic E-state index is 12.3. The van der Waals surface area contributed by atoms with Crippen LogP contribution in [0.3, 0.4) is 0 Å². The second-order valence-corrected chi connectivity index (χ2v) is 6.47. The van der Waals surface area contributed by atoms with Gasteiger partial charge in [0.05, 0.1) is 6.61 Å². The summed E-state index contributed by atoms with van der Waals surface area (Å²) in [6.45, 7) is 1.01. The molecule has 1 saturated heterocycles. The summed E-state index contributed by atoms with van der Waals surface area (Å²) in [4.78, 5) is 25.4. The van der Waals surface area contributed by atoms with Crippen molar-refractivity contribution in [1.82, 2.24) is 4.90 Å². The highest BCUT2D eigenvalue weighted by Gasteiger charge is 2.49. The topological polar surface area (TPSA) is 66.8 Å². The number of amides is 1. The van der Waals surface area contributed by atoms with Crippen LogP contribution < -0.4 is 0 Å². The van der Waals surface area contributed by atoms with Crippen molar-refractivity contribution in [3.63, 3.8) is 0 Å². The zero-order valence-corrected chi connectivity index (χ0v) is 13.2. The normalized spacial score (nSPS) is 26.3. The Bertz CT molecular complexity index is 559. The molecule has 1 N–H and O–H groups in total. The van der Waals surface area contributed by atoms with E-state index in [9.17, 15) is 14.7 Å². The molecule has 1 aromatic rings. The second-order valence-electron chi connectivity index (χ2n) is 6.47. The third-order valence-electron chi connectivity index (χ3n) is 5.07. The molecule has 1 heterocycles. The SMILES string of the molecule is O=C(O)C1C2CCCC2CN1C(=O)COCCc1ccccc1. The fourth-order valence-electron chi connectivity index (χ4n) is 3.96. The van der Waals surface area contributed by atoms with Gasteiger partial charge in [0.25, 0.3) is 0 Å². The van der Waals surface area contributed by atoms with Crippen LogP contribution in [0.2, 0.25) is 0 Å². The molecule has 2 aliphatic rings. The Hall–Kier alpha value is -1.88. The molecule has 23 heavy (non-hydrogen) atoms. The van der Waals surface area contributed by atoms with Crippen molar-refractivity contribution in [2.45, 2.75) is 31.7 Å². The lowest BCUT2D eigenvalue weighted by Gasteiger charge is -2.24. The first kappa shape index (κ1) is 16.0. The van der Waals surface area contributed by atoms with E-state index in [1.165, 1.54) is 10.5 Å². The van der Waals surface area contributed by atoms with Crippen molar-refractivity contribution in [1.29, 1.82) is 0 Å². The zero-order valence-electron chi connectivity index (χ0n) is 13.2. The van der Waals surface area contributed by atoms with Gasteiger partial charge in [-0.3, -0.25) is 4.79 Å². The van der Waals surface area contributed by atoms with Gasteiger partial charge in [0.15, 0.2) is 0 Å². The minimum Gasteiger partial charge on any atom is -0.480 e. The minimum absolute atomic E-state index is 0.0317. The molecule has 0 spiro atoms. The predicted octanol–water partition coefficient (Wildman–Crippen LogP) is 1.96. The average Bonchev–Trinajstić information content (AvgIpc) is 3.12. The number of carboxylic acid groups (broad SMARTS) is 1. The smallest absolute Gasteiger partial charge is 0.326 e. The maximum Gasteiger partial charge on any atom is 0.326 e. The molecular formula is C18H23NO4. The van der Waals surface area contributed by atoms with Gasteiger partial charge in [0, 0.05) is 6.54 Å². The van der Waals surface area contributed by atoms with E-state index in [2.05, 4.69) is 0 Å². The first-order valence-corrected chi connectivity index (χ1v) is 8.31. The molecule has 1 aliphatic heterocycles. The number of carboxylic acids is 1. The number of carbonyl (C=O) groups excluding carboxylic acids is 1. The number of aliphatic carboxylic acids is 1. The molecule has 2 fully saturated rings. The van der Waals surface area contributed by atoms with Crippen molar-refractivity contribution in [3.8, 4) is 0 Å². The van der Waals surface area contributed by atoms with Gasteiger partial charge in [-0.15, -0.1) is 0 Å². The Kier molecular flexibility index (Phi) is 4.96. The van der Waals surface area contributed by atoms with Gasteiger partial charge in [0.2, 0.25) is 5.91 Å². The molecule has 3 unspecified atom stereocenters. The molecule has 3 rings (SSSR count). The highest BCUT2D eigenvalue weighted by molar-refractivity contribution is 5.85. The first-order valence-electron chi connectivity index (χ1n) is 8.31. The molecular weight excluding hydrogens is 294 g/mol. The van der Waals surface area contributed by atoms with Crippen LogP contribution in [0.25, 0.3) is 0 Å². The van der Waals surface area contributed by atoms with Crippen LogP contribution in [0.1, 0.15) is 24.8 Å². The van der Waals surface area contributed by atoms with Gasteiger partial charge in [0.1, 0.15) is 12.6 Å². The van der Waals surface area contributed by atoms with Gasteiger partial charge in [-0.25, -0.2) is 4.79 Å². The third kappa shape index (κ3) is 3.55. The highest BCUT2D eigenvalue weighted by Crippen LogP contribution is 2.42. The summed E-state index contributed by atoms with van der Waals surface area (Å²) >= 11 is 0. The van der Waals surface area contributed by atoms with Crippen LogP contribution in [0.4, 0.5) is 0 Å². The molecule has 0 radical (unpaired) electrons. The second kappa shape index (κ2) is 7.13. The third-order valence-corrected chi connectivity index (χ3v) is 5.07. The van der Waals surface area contributed by atoms with Gasteiger partial charge in [-0.05, 0) is 36.7 Å². The number of nitrogens with zero attached hydrogens (tertiary/aromatic N) is 1. The Morgan fingerprint density at radius 1 is 1.22 bits per heavy atom. The Balaban J connectivity index is 1.49. The van der Waals surface area contributed by atoms with Crippen LogP contribution >= 0.6 is 0 Å². The van der Waals surface area contributed by atoms with E-state index >= 15 is 0 Å². The number of ether oxygens (including phenoxy) is 1. The summed E-state index contributed by atoms with van der Waals surface area (Å²) in [5, 5.41) is 9.47. The fraction of sp³-hybridized carbons (Fsp3) is 0.556. The van der Waals surface area contributed by atoms with E-state index in [-0.39, 0.29) is 18.4 Å². The average molecular weight is 317 g/mol. The van der Waals surface area contributed by atoms with Crippen molar-refractivity contribution >= 4 is 11.9 Å².